The highest BCUT2D eigenvalue weighted by Crippen LogP contribution is 2.29. The number of benzene rings is 1. The summed E-state index contributed by atoms with van der Waals surface area (Å²) in [7, 11) is 3.07. The standard InChI is InChI=1S/C15H21NO5/c1-10-12(20-2)8-11(9-13(10)21-3)15(19)16-7-5-4-6-14(17)18/h8-9H,4-7H2,1-3H3,(H,16,19)(H,17,18). The molecule has 0 heterocycles. The molecule has 0 saturated carbocycles. The molecule has 2 N–H and O–H groups in total. The lowest BCUT2D eigenvalue weighted by atomic mass is 10.1. The summed E-state index contributed by atoms with van der Waals surface area (Å²) in [6.07, 6.45) is 1.27. The molecule has 0 aliphatic carbocycles. The number of carboxylic acids is 1. The van der Waals surface area contributed by atoms with E-state index in [1.807, 2.05) is 6.92 Å². The fourth-order valence-corrected chi connectivity index (χ4v) is 1.92. The minimum Gasteiger partial charge on any atom is -0.496 e. The van der Waals surface area contributed by atoms with Gasteiger partial charge in [-0.05, 0) is 31.9 Å². The van der Waals surface area contributed by atoms with Gasteiger partial charge < -0.3 is 19.9 Å². The Bertz CT molecular complexity index is 488. The smallest absolute Gasteiger partial charge is 0.303 e. The van der Waals surface area contributed by atoms with Gasteiger partial charge in [-0.15, -0.1) is 0 Å². The van der Waals surface area contributed by atoms with Gasteiger partial charge in [0, 0.05) is 24.1 Å². The fourth-order valence-electron chi connectivity index (χ4n) is 1.92. The van der Waals surface area contributed by atoms with E-state index in [9.17, 15) is 9.59 Å². The zero-order valence-electron chi connectivity index (χ0n) is 12.6. The lowest BCUT2D eigenvalue weighted by molar-refractivity contribution is -0.137. The van der Waals surface area contributed by atoms with Crippen molar-refractivity contribution in [2.24, 2.45) is 0 Å². The topological polar surface area (TPSA) is 84.9 Å². The Morgan fingerprint density at radius 3 is 2.19 bits per heavy atom. The van der Waals surface area contributed by atoms with Crippen LogP contribution < -0.4 is 14.8 Å². The predicted molar refractivity (Wildman–Crippen MR) is 78.1 cm³/mol. The Morgan fingerprint density at radius 1 is 1.14 bits per heavy atom. The van der Waals surface area contributed by atoms with Crippen LogP contribution in [0.15, 0.2) is 12.1 Å². The minimum atomic E-state index is -0.825. The lowest BCUT2D eigenvalue weighted by Gasteiger charge is -2.12. The number of unbranched alkanes of at least 4 members (excludes halogenated alkanes) is 1. The Balaban J connectivity index is 2.63. The van der Waals surface area contributed by atoms with Crippen LogP contribution in [0.5, 0.6) is 11.5 Å². The number of hydrogen-bond acceptors (Lipinski definition) is 4. The third kappa shape index (κ3) is 4.98. The van der Waals surface area contributed by atoms with E-state index in [0.717, 1.165) is 5.56 Å². The number of methoxy groups -OCH3 is 2. The number of nitrogens with one attached hydrogen (secondary N) is 1. The molecule has 21 heavy (non-hydrogen) atoms. The van der Waals surface area contributed by atoms with Crippen molar-refractivity contribution in [3.63, 3.8) is 0 Å². The van der Waals surface area contributed by atoms with Crippen molar-refractivity contribution in [3.8, 4) is 11.5 Å². The van der Waals surface area contributed by atoms with Crippen molar-refractivity contribution < 1.29 is 24.2 Å². The number of carboxylic acid groups (broad SMARTS) is 1. The highest BCUT2D eigenvalue weighted by molar-refractivity contribution is 5.95. The van der Waals surface area contributed by atoms with Gasteiger partial charge in [0.1, 0.15) is 11.5 Å². The molecule has 1 aromatic rings. The Labute approximate surface area is 124 Å². The monoisotopic (exact) mass is 295 g/mol. The summed E-state index contributed by atoms with van der Waals surface area (Å²) in [4.78, 5) is 22.4. The van der Waals surface area contributed by atoms with Gasteiger partial charge in [-0.1, -0.05) is 0 Å². The van der Waals surface area contributed by atoms with Gasteiger partial charge in [0.15, 0.2) is 0 Å². The molecule has 0 unspecified atom stereocenters. The normalized spacial score (nSPS) is 10.0. The summed E-state index contributed by atoms with van der Waals surface area (Å²) in [5.41, 5.74) is 1.28. The fraction of sp³-hybridized carbons (Fsp3) is 0.467. The molecule has 0 aromatic heterocycles. The predicted octanol–water partition coefficient (Wildman–Crippen LogP) is 2.00. The summed E-state index contributed by atoms with van der Waals surface area (Å²) in [6, 6.07) is 3.31. The van der Waals surface area contributed by atoms with Crippen molar-refractivity contribution in [1.82, 2.24) is 5.32 Å². The van der Waals surface area contributed by atoms with Crippen LogP contribution in [0.3, 0.4) is 0 Å². The van der Waals surface area contributed by atoms with Crippen molar-refractivity contribution in [2.75, 3.05) is 20.8 Å². The van der Waals surface area contributed by atoms with Gasteiger partial charge in [0.05, 0.1) is 14.2 Å². The van der Waals surface area contributed by atoms with Crippen LogP contribution in [-0.2, 0) is 4.79 Å². The largest absolute Gasteiger partial charge is 0.496 e. The molecule has 1 aromatic carbocycles. The first kappa shape index (κ1) is 16.8. The van der Waals surface area contributed by atoms with E-state index < -0.39 is 5.97 Å². The molecule has 6 nitrogen and oxygen atoms in total. The van der Waals surface area contributed by atoms with E-state index in [2.05, 4.69) is 5.32 Å². The van der Waals surface area contributed by atoms with Crippen LogP contribution in [0.1, 0.15) is 35.2 Å². The van der Waals surface area contributed by atoms with Gasteiger partial charge in [0.2, 0.25) is 0 Å². The van der Waals surface area contributed by atoms with Gasteiger partial charge in [-0.3, -0.25) is 9.59 Å². The first-order valence-corrected chi connectivity index (χ1v) is 6.72. The van der Waals surface area contributed by atoms with Crippen LogP contribution in [0.2, 0.25) is 0 Å². The van der Waals surface area contributed by atoms with Crippen molar-refractivity contribution >= 4 is 11.9 Å². The van der Waals surface area contributed by atoms with Crippen LogP contribution in [0.25, 0.3) is 0 Å². The van der Waals surface area contributed by atoms with E-state index >= 15 is 0 Å². The molecule has 0 radical (unpaired) electrons. The average molecular weight is 295 g/mol. The number of carbonyl (C=O) groups excluding carboxylic acids is 1. The molecule has 0 spiro atoms. The second-order valence-electron chi connectivity index (χ2n) is 4.61. The summed E-state index contributed by atoms with van der Waals surface area (Å²) < 4.78 is 10.4. The molecule has 1 rings (SSSR count). The van der Waals surface area contributed by atoms with Gasteiger partial charge in [-0.25, -0.2) is 0 Å². The molecule has 6 heteroatoms. The van der Waals surface area contributed by atoms with Gasteiger partial charge >= 0.3 is 5.97 Å². The number of amides is 1. The Kier molecular flexibility index (Phi) is 6.52. The van der Waals surface area contributed by atoms with E-state index in [0.29, 0.717) is 36.4 Å². The maximum Gasteiger partial charge on any atom is 0.303 e. The van der Waals surface area contributed by atoms with Crippen LogP contribution >= 0.6 is 0 Å². The average Bonchev–Trinajstić information content (AvgIpc) is 2.46. The molecule has 0 aliphatic heterocycles. The first-order valence-electron chi connectivity index (χ1n) is 6.72. The molecular weight excluding hydrogens is 274 g/mol. The zero-order chi connectivity index (χ0) is 15.8. The Hall–Kier alpha value is -2.24. The van der Waals surface area contributed by atoms with Crippen LogP contribution in [0, 0.1) is 6.92 Å². The lowest BCUT2D eigenvalue weighted by Crippen LogP contribution is -2.24. The van der Waals surface area contributed by atoms with E-state index in [1.54, 1.807) is 12.1 Å². The molecule has 0 bridgehead atoms. The summed E-state index contributed by atoms with van der Waals surface area (Å²) >= 11 is 0. The molecule has 116 valence electrons. The maximum atomic E-state index is 12.1. The van der Waals surface area contributed by atoms with Crippen molar-refractivity contribution in [1.29, 1.82) is 0 Å². The summed E-state index contributed by atoms with van der Waals surface area (Å²) in [6.45, 7) is 2.29. The highest BCUT2D eigenvalue weighted by atomic mass is 16.5. The molecule has 0 saturated heterocycles. The number of rotatable bonds is 8. The highest BCUT2D eigenvalue weighted by Gasteiger charge is 2.13. The molecule has 0 atom stereocenters. The number of aliphatic carboxylic acids is 1. The third-order valence-electron chi connectivity index (χ3n) is 3.12. The number of carbonyl (C=O) groups is 2. The second kappa shape index (κ2) is 8.14. The molecular formula is C15H21NO5. The second-order valence-corrected chi connectivity index (χ2v) is 4.61. The summed E-state index contributed by atoms with van der Waals surface area (Å²) in [5.74, 6) is 0.118. The molecule has 1 amide bonds. The molecule has 0 fully saturated rings. The maximum absolute atomic E-state index is 12.1. The van der Waals surface area contributed by atoms with Gasteiger partial charge in [-0.2, -0.15) is 0 Å². The van der Waals surface area contributed by atoms with E-state index in [1.165, 1.54) is 14.2 Å². The first-order chi connectivity index (χ1) is 9.99. The number of hydrogen-bond donors (Lipinski definition) is 2. The van der Waals surface area contributed by atoms with Crippen LogP contribution in [0.4, 0.5) is 0 Å². The number of ether oxygens (including phenoxy) is 2. The minimum absolute atomic E-state index is 0.113. The zero-order valence-corrected chi connectivity index (χ0v) is 12.6. The summed E-state index contributed by atoms with van der Waals surface area (Å²) in [5, 5.41) is 11.3. The van der Waals surface area contributed by atoms with E-state index in [-0.39, 0.29) is 12.3 Å². The quantitative estimate of drug-likeness (QED) is 0.716. The molecule has 0 aliphatic rings. The van der Waals surface area contributed by atoms with E-state index in [4.69, 9.17) is 14.6 Å². The van der Waals surface area contributed by atoms with Crippen molar-refractivity contribution in [3.05, 3.63) is 23.3 Å². The van der Waals surface area contributed by atoms with Gasteiger partial charge in [0.25, 0.3) is 5.91 Å². The Morgan fingerprint density at radius 2 is 1.71 bits per heavy atom. The third-order valence-corrected chi connectivity index (χ3v) is 3.12. The van der Waals surface area contributed by atoms with Crippen molar-refractivity contribution in [2.45, 2.75) is 26.2 Å². The SMILES string of the molecule is COc1cc(C(=O)NCCCCC(=O)O)cc(OC)c1C. The van der Waals surface area contributed by atoms with Crippen LogP contribution in [-0.4, -0.2) is 37.7 Å².